The number of aromatic nitrogens is 5. The molecule has 218 valence electrons. The lowest BCUT2D eigenvalue weighted by molar-refractivity contribution is -0.427. The first-order valence-corrected chi connectivity index (χ1v) is 15.6. The largest absolute Gasteiger partial charge is 0.439 e. The molecule has 2 atom stereocenters. The first-order chi connectivity index (χ1) is 20.5. The van der Waals surface area contributed by atoms with Crippen LogP contribution in [0.2, 0.25) is 0 Å². The summed E-state index contributed by atoms with van der Waals surface area (Å²) in [5.41, 5.74) is 12.5. The van der Waals surface area contributed by atoms with Crippen molar-refractivity contribution in [2.24, 2.45) is 5.73 Å². The predicted molar refractivity (Wildman–Crippen MR) is 159 cm³/mol. The molecule has 0 spiro atoms. The second kappa shape index (κ2) is 11.1. The molecular weight excluding hydrogens is 578 g/mol. The van der Waals surface area contributed by atoms with Gasteiger partial charge in [-0.1, -0.05) is 6.42 Å². The third kappa shape index (κ3) is 4.91. The number of nitrogens with one attached hydrogen (secondary N) is 1. The fraction of sp³-hybridized carbons (Fsp3) is 0.407. The van der Waals surface area contributed by atoms with Gasteiger partial charge in [0.15, 0.2) is 17.1 Å². The highest BCUT2D eigenvalue weighted by atomic mass is 32.1. The van der Waals surface area contributed by atoms with E-state index in [9.17, 15) is 9.59 Å². The van der Waals surface area contributed by atoms with Crippen LogP contribution in [0.25, 0.3) is 26.4 Å². The van der Waals surface area contributed by atoms with Gasteiger partial charge in [0.25, 0.3) is 5.91 Å². The number of carbonyl (C=O) groups is 1. The predicted octanol–water partition coefficient (Wildman–Crippen LogP) is 1.91. The number of nitrogens with zero attached hydrogens (tertiary/aromatic N) is 6. The van der Waals surface area contributed by atoms with E-state index in [1.807, 2.05) is 10.3 Å². The maximum Gasteiger partial charge on any atom is 0.254 e. The summed E-state index contributed by atoms with van der Waals surface area (Å²) >= 11 is 2.81. The molecule has 15 heteroatoms. The summed E-state index contributed by atoms with van der Waals surface area (Å²) in [7, 11) is 0. The Morgan fingerprint density at radius 3 is 2.88 bits per heavy atom. The van der Waals surface area contributed by atoms with E-state index in [2.05, 4.69) is 26.2 Å². The van der Waals surface area contributed by atoms with Crippen molar-refractivity contribution >= 4 is 56.3 Å². The van der Waals surface area contributed by atoms with Gasteiger partial charge in [-0.15, -0.1) is 32.9 Å². The smallest absolute Gasteiger partial charge is 0.254 e. The molecular formula is C27H30N9O4S2+. The molecule has 6 N–H and O–H groups in total. The van der Waals surface area contributed by atoms with Crippen LogP contribution in [0.5, 0.6) is 0 Å². The van der Waals surface area contributed by atoms with Gasteiger partial charge in [0, 0.05) is 49.1 Å². The van der Waals surface area contributed by atoms with Gasteiger partial charge in [-0.25, -0.2) is 9.97 Å². The van der Waals surface area contributed by atoms with E-state index < -0.39 is 5.91 Å². The molecule has 1 aliphatic heterocycles. The number of hydrogen-bond donors (Lipinski definition) is 3. The van der Waals surface area contributed by atoms with Crippen LogP contribution in [0, 0.1) is 0 Å². The van der Waals surface area contributed by atoms with Crippen molar-refractivity contribution in [3.63, 3.8) is 0 Å². The lowest BCUT2D eigenvalue weighted by Crippen LogP contribution is -2.68. The fourth-order valence-corrected chi connectivity index (χ4v) is 7.59. The average molecular weight is 609 g/mol. The standard InChI is InChI=1S/C27H29N9O4S2/c28-15-3-1-2-4-16(15)32-27-33-17(22(25(29)38)26-34-31-13-36(26)27)9-20-30-11-19(42-20)14-12-41-24-18(37)10-21(40-23(14)24)35-5-7-39-8-6-35/h10-13,15-16H,1-9,28H2,(H2,29,38)(H,32,33)/p+1/t15-,16+/m1/s1. The number of ether oxygens (including phenoxy) is 1. The van der Waals surface area contributed by atoms with Crippen LogP contribution >= 0.6 is 22.7 Å². The minimum Gasteiger partial charge on any atom is -0.439 e. The highest BCUT2D eigenvalue weighted by Gasteiger charge is 2.28. The van der Waals surface area contributed by atoms with Gasteiger partial charge in [-0.2, -0.15) is 0 Å². The van der Waals surface area contributed by atoms with E-state index in [1.54, 1.807) is 16.7 Å². The van der Waals surface area contributed by atoms with Crippen molar-refractivity contribution in [1.29, 1.82) is 0 Å². The molecule has 2 aliphatic rings. The highest BCUT2D eigenvalue weighted by molar-refractivity contribution is 7.19. The van der Waals surface area contributed by atoms with Crippen LogP contribution in [0.15, 0.2) is 33.2 Å². The zero-order chi connectivity index (χ0) is 28.8. The van der Waals surface area contributed by atoms with Crippen LogP contribution in [0.3, 0.4) is 0 Å². The summed E-state index contributed by atoms with van der Waals surface area (Å²) in [5.74, 6) is 0.459. The van der Waals surface area contributed by atoms with Crippen LogP contribution < -0.4 is 27.1 Å². The Morgan fingerprint density at radius 2 is 2.07 bits per heavy atom. The summed E-state index contributed by atoms with van der Waals surface area (Å²) < 4.78 is 14.0. The Bertz CT molecular complexity index is 1840. The Morgan fingerprint density at radius 1 is 1.24 bits per heavy atom. The molecule has 5 aromatic rings. The number of amides is 1. The van der Waals surface area contributed by atoms with Gasteiger partial charge in [0.1, 0.15) is 22.6 Å². The molecule has 7 rings (SSSR count). The SMILES string of the molecule is NC(=O)c1c(Cc2ncc(-c3csc4c(=O)cc(N5CCOCC5)oc34)s2)nc(N[C@H]2CCCC[C@H]2[NH3+])n2cnnc12. The highest BCUT2D eigenvalue weighted by Crippen LogP contribution is 2.38. The molecule has 1 aliphatic carbocycles. The third-order valence-corrected chi connectivity index (χ3v) is 9.90. The van der Waals surface area contributed by atoms with E-state index >= 15 is 0 Å². The molecule has 13 nitrogen and oxygen atoms in total. The van der Waals surface area contributed by atoms with Gasteiger partial charge in [0.2, 0.25) is 11.4 Å². The van der Waals surface area contributed by atoms with E-state index in [0.29, 0.717) is 59.8 Å². The number of primary amides is 1. The number of carbonyl (C=O) groups excluding carboxylic acids is 1. The number of morpholine rings is 1. The Balaban J connectivity index is 1.23. The molecule has 2 fully saturated rings. The van der Waals surface area contributed by atoms with Crippen molar-refractivity contribution in [1.82, 2.24) is 24.6 Å². The van der Waals surface area contributed by atoms with Crippen LogP contribution in [0.4, 0.5) is 11.8 Å². The molecule has 6 heterocycles. The first-order valence-electron chi connectivity index (χ1n) is 13.9. The Kier molecular flexibility index (Phi) is 7.09. The minimum absolute atomic E-state index is 0.0712. The number of rotatable bonds is 7. The van der Waals surface area contributed by atoms with E-state index in [4.69, 9.17) is 19.9 Å². The van der Waals surface area contributed by atoms with Gasteiger partial charge >= 0.3 is 0 Å². The van der Waals surface area contributed by atoms with Gasteiger partial charge in [-0.05, 0) is 12.8 Å². The number of thiophene rings is 1. The average Bonchev–Trinajstić information content (AvgIpc) is 3.75. The summed E-state index contributed by atoms with van der Waals surface area (Å²) in [6, 6.07) is 1.95. The third-order valence-electron chi connectivity index (χ3n) is 7.89. The maximum absolute atomic E-state index is 12.9. The summed E-state index contributed by atoms with van der Waals surface area (Å²) in [4.78, 5) is 37.9. The van der Waals surface area contributed by atoms with Gasteiger partial charge in [-0.3, -0.25) is 14.0 Å². The van der Waals surface area contributed by atoms with E-state index in [0.717, 1.165) is 41.1 Å². The van der Waals surface area contributed by atoms with Crippen LogP contribution in [-0.4, -0.2) is 68.9 Å². The van der Waals surface area contributed by atoms with Crippen molar-refractivity contribution < 1.29 is 19.7 Å². The topological polar surface area (TPSA) is 181 Å². The van der Waals surface area contributed by atoms with Crippen molar-refractivity contribution in [3.8, 4) is 10.4 Å². The van der Waals surface area contributed by atoms with Crippen molar-refractivity contribution in [2.75, 3.05) is 36.5 Å². The quantitative estimate of drug-likeness (QED) is 0.247. The molecule has 0 aromatic carbocycles. The van der Waals surface area contributed by atoms with Gasteiger partial charge in [0.05, 0.1) is 34.8 Å². The molecule has 0 bridgehead atoms. The summed E-state index contributed by atoms with van der Waals surface area (Å²) in [5, 5.41) is 14.4. The number of fused-ring (bicyclic) bond motifs is 2. The molecule has 0 unspecified atom stereocenters. The summed E-state index contributed by atoms with van der Waals surface area (Å²) in [6.07, 6.45) is 7.87. The number of thiazole rings is 1. The molecule has 1 saturated heterocycles. The molecule has 0 radical (unpaired) electrons. The van der Waals surface area contributed by atoms with Crippen LogP contribution in [-0.2, 0) is 11.2 Å². The zero-order valence-corrected chi connectivity index (χ0v) is 24.4. The van der Waals surface area contributed by atoms with E-state index in [-0.39, 0.29) is 29.5 Å². The monoisotopic (exact) mass is 608 g/mol. The molecule has 42 heavy (non-hydrogen) atoms. The number of anilines is 2. The number of quaternary nitrogens is 1. The zero-order valence-electron chi connectivity index (χ0n) is 22.7. The Labute approximate surface area is 247 Å². The number of hydrogen-bond acceptors (Lipinski definition) is 12. The van der Waals surface area contributed by atoms with E-state index in [1.165, 1.54) is 29.0 Å². The molecule has 1 saturated carbocycles. The van der Waals surface area contributed by atoms with Crippen LogP contribution in [0.1, 0.15) is 46.7 Å². The fourth-order valence-electron chi connectivity index (χ4n) is 5.67. The normalized spacial score (nSPS) is 19.5. The Hall–Kier alpha value is -3.92. The lowest BCUT2D eigenvalue weighted by atomic mass is 9.91. The van der Waals surface area contributed by atoms with Crippen molar-refractivity contribution in [3.05, 3.63) is 50.5 Å². The molecule has 1 amide bonds. The van der Waals surface area contributed by atoms with Gasteiger partial charge < -0.3 is 30.8 Å². The summed E-state index contributed by atoms with van der Waals surface area (Å²) in [6.45, 7) is 2.51. The second-order valence-electron chi connectivity index (χ2n) is 10.6. The molecule has 5 aromatic heterocycles. The first kappa shape index (κ1) is 26.9. The number of nitrogens with two attached hydrogens (primary N) is 1. The lowest BCUT2D eigenvalue weighted by Gasteiger charge is -2.27. The maximum atomic E-state index is 12.9. The minimum atomic E-state index is -0.632. The second-order valence-corrected chi connectivity index (χ2v) is 12.6. The van der Waals surface area contributed by atoms with Crippen molar-refractivity contribution in [2.45, 2.75) is 44.2 Å².